The van der Waals surface area contributed by atoms with E-state index in [4.69, 9.17) is 9.73 Å². The zero-order valence-electron chi connectivity index (χ0n) is 20.8. The van der Waals surface area contributed by atoms with Crippen LogP contribution in [-0.2, 0) is 11.3 Å². The molecule has 1 spiro atoms. The Morgan fingerprint density at radius 3 is 2.58 bits per heavy atom. The second kappa shape index (κ2) is 10.4. The van der Waals surface area contributed by atoms with Gasteiger partial charge in [0.25, 0.3) is 0 Å². The summed E-state index contributed by atoms with van der Waals surface area (Å²) in [6.07, 6.45) is 8.36. The number of likely N-dealkylation sites (tertiary alicyclic amines) is 1. The molecule has 7 nitrogen and oxygen atoms in total. The van der Waals surface area contributed by atoms with Crippen LogP contribution in [0.15, 0.2) is 72.0 Å². The Morgan fingerprint density at radius 1 is 0.889 bits per heavy atom. The molecular weight excluding hydrogens is 448 g/mol. The van der Waals surface area contributed by atoms with Gasteiger partial charge in [0, 0.05) is 44.1 Å². The maximum atomic E-state index is 6.36. The fourth-order valence-electron chi connectivity index (χ4n) is 5.78. The number of rotatable bonds is 3. The predicted molar refractivity (Wildman–Crippen MR) is 143 cm³/mol. The molecule has 0 aliphatic carbocycles. The van der Waals surface area contributed by atoms with Crippen molar-refractivity contribution in [2.45, 2.75) is 32.2 Å². The lowest BCUT2D eigenvalue weighted by molar-refractivity contribution is -0.0604. The highest BCUT2D eigenvalue weighted by molar-refractivity contribution is 5.93. The number of ether oxygens (including phenoxy) is 1. The highest BCUT2D eigenvalue weighted by Crippen LogP contribution is 2.38. The third-order valence-electron chi connectivity index (χ3n) is 7.86. The van der Waals surface area contributed by atoms with Crippen LogP contribution in [0.2, 0.25) is 0 Å². The normalized spacial score (nSPS) is 20.1. The van der Waals surface area contributed by atoms with Crippen molar-refractivity contribution in [1.29, 1.82) is 0 Å². The summed E-state index contributed by atoms with van der Waals surface area (Å²) < 4.78 is 6.36. The van der Waals surface area contributed by atoms with Crippen LogP contribution in [0.1, 0.15) is 31.2 Å². The lowest BCUT2D eigenvalue weighted by Crippen LogP contribution is -2.48. The molecule has 2 aromatic carbocycles. The van der Waals surface area contributed by atoms with Gasteiger partial charge in [-0.2, -0.15) is 0 Å². The van der Waals surface area contributed by atoms with E-state index in [1.807, 2.05) is 6.07 Å². The van der Waals surface area contributed by atoms with Gasteiger partial charge in [0.1, 0.15) is 5.84 Å². The van der Waals surface area contributed by atoms with Crippen molar-refractivity contribution in [1.82, 2.24) is 19.8 Å². The Kier molecular flexibility index (Phi) is 6.66. The van der Waals surface area contributed by atoms with Crippen molar-refractivity contribution in [2.75, 3.05) is 44.8 Å². The number of amidine groups is 1. The van der Waals surface area contributed by atoms with Gasteiger partial charge < -0.3 is 15.0 Å². The van der Waals surface area contributed by atoms with E-state index in [2.05, 4.69) is 73.6 Å². The van der Waals surface area contributed by atoms with Gasteiger partial charge in [0.2, 0.25) is 0 Å². The molecule has 0 saturated carbocycles. The van der Waals surface area contributed by atoms with Crippen LogP contribution >= 0.6 is 0 Å². The van der Waals surface area contributed by atoms with Crippen LogP contribution in [0.5, 0.6) is 0 Å². The highest BCUT2D eigenvalue weighted by atomic mass is 16.5. The summed E-state index contributed by atoms with van der Waals surface area (Å²) in [5.74, 6) is 1.95. The third kappa shape index (κ3) is 4.99. The molecule has 3 aliphatic heterocycles. The molecule has 1 aromatic heterocycles. The molecule has 2 fully saturated rings. The van der Waals surface area contributed by atoms with Gasteiger partial charge in [-0.15, -0.1) is 0 Å². The van der Waals surface area contributed by atoms with Crippen LogP contribution in [-0.4, -0.2) is 65.1 Å². The molecule has 7 heteroatoms. The van der Waals surface area contributed by atoms with E-state index in [-0.39, 0.29) is 0 Å². The summed E-state index contributed by atoms with van der Waals surface area (Å²) in [6.45, 7) is 6.33. The zero-order chi connectivity index (χ0) is 24.2. The predicted octanol–water partition coefficient (Wildman–Crippen LogP) is 4.95. The first kappa shape index (κ1) is 23.1. The number of nitrogens with one attached hydrogen (secondary N) is 1. The van der Waals surface area contributed by atoms with E-state index in [0.717, 1.165) is 62.1 Å². The first-order valence-corrected chi connectivity index (χ1v) is 13.1. The maximum Gasteiger partial charge on any atom is 0.159 e. The van der Waals surface area contributed by atoms with E-state index in [0.29, 0.717) is 12.1 Å². The molecule has 3 aromatic rings. The van der Waals surface area contributed by atoms with Gasteiger partial charge in [-0.3, -0.25) is 4.90 Å². The van der Waals surface area contributed by atoms with Crippen LogP contribution in [0.3, 0.4) is 0 Å². The van der Waals surface area contributed by atoms with Crippen molar-refractivity contribution >= 4 is 17.2 Å². The van der Waals surface area contributed by atoms with Crippen molar-refractivity contribution < 1.29 is 4.74 Å². The lowest BCUT2D eigenvalue weighted by atomic mass is 9.75. The molecule has 0 unspecified atom stereocenters. The standard InChI is InChI=1S/C29H34N6O/c1-2-8-24(28-30-14-6-15-31-28)23(7-1)20-34-16-5-11-29(21-36-22-34)12-17-35(18-13-29)27-19-32-25-9-3-4-10-26(25)33-27/h1-4,6-10,14-15,32H,5,11-13,16-22H2. The van der Waals surface area contributed by atoms with E-state index in [1.165, 1.54) is 37.1 Å². The van der Waals surface area contributed by atoms with E-state index in [9.17, 15) is 0 Å². The number of hydrogen-bond donors (Lipinski definition) is 1. The molecule has 186 valence electrons. The van der Waals surface area contributed by atoms with Gasteiger partial charge in [-0.1, -0.05) is 36.4 Å². The first-order valence-electron chi connectivity index (χ1n) is 13.1. The number of fused-ring (bicyclic) bond motifs is 1. The van der Waals surface area contributed by atoms with Crippen LogP contribution in [0.4, 0.5) is 11.4 Å². The number of benzene rings is 2. The minimum absolute atomic E-state index is 0.291. The fourth-order valence-corrected chi connectivity index (χ4v) is 5.78. The number of nitrogens with zero attached hydrogens (tertiary/aromatic N) is 5. The molecule has 0 radical (unpaired) electrons. The molecule has 1 N–H and O–H groups in total. The van der Waals surface area contributed by atoms with Crippen molar-refractivity contribution in [3.8, 4) is 11.4 Å². The zero-order valence-corrected chi connectivity index (χ0v) is 20.8. The number of aromatic nitrogens is 2. The molecule has 4 heterocycles. The van der Waals surface area contributed by atoms with Crippen molar-refractivity contribution in [3.05, 3.63) is 72.6 Å². The first-order chi connectivity index (χ1) is 17.8. The lowest BCUT2D eigenvalue weighted by Gasteiger charge is -2.45. The third-order valence-corrected chi connectivity index (χ3v) is 7.86. The summed E-state index contributed by atoms with van der Waals surface area (Å²) in [6, 6.07) is 18.6. The number of aliphatic imine (C=N–C) groups is 1. The highest BCUT2D eigenvalue weighted by Gasteiger charge is 2.37. The molecule has 0 atom stereocenters. The number of hydrogen-bond acceptors (Lipinski definition) is 7. The topological polar surface area (TPSA) is 65.9 Å². The molecule has 36 heavy (non-hydrogen) atoms. The van der Waals surface area contributed by atoms with Gasteiger partial charge in [0.15, 0.2) is 5.82 Å². The average Bonchev–Trinajstić information content (AvgIpc) is 2.93. The van der Waals surface area contributed by atoms with Crippen molar-refractivity contribution in [3.63, 3.8) is 0 Å². The fraction of sp³-hybridized carbons (Fsp3) is 0.414. The molecule has 3 aliphatic rings. The number of piperidine rings is 1. The smallest absolute Gasteiger partial charge is 0.159 e. The number of anilines is 1. The SMILES string of the molecule is c1cnc(-c2ccccc2CN2CCCC3(CCN(C4=Nc5ccccc5NC4)CC3)COC2)nc1. The molecule has 6 rings (SSSR count). The minimum Gasteiger partial charge on any atom is -0.376 e. The maximum absolute atomic E-state index is 6.36. The Hall–Kier alpha value is -3.29. The monoisotopic (exact) mass is 482 g/mol. The second-order valence-electron chi connectivity index (χ2n) is 10.2. The van der Waals surface area contributed by atoms with Crippen LogP contribution in [0, 0.1) is 5.41 Å². The summed E-state index contributed by atoms with van der Waals surface area (Å²) in [5, 5.41) is 3.53. The molecule has 2 saturated heterocycles. The van der Waals surface area contributed by atoms with Crippen LogP contribution in [0.25, 0.3) is 11.4 Å². The minimum atomic E-state index is 0.291. The van der Waals surface area contributed by atoms with Gasteiger partial charge in [-0.25, -0.2) is 15.0 Å². The average molecular weight is 483 g/mol. The summed E-state index contributed by atoms with van der Waals surface area (Å²) >= 11 is 0. The Balaban J connectivity index is 1.05. The summed E-state index contributed by atoms with van der Waals surface area (Å²) in [5.41, 5.74) is 4.82. The van der Waals surface area contributed by atoms with E-state index >= 15 is 0 Å². The Morgan fingerprint density at radius 2 is 1.69 bits per heavy atom. The van der Waals surface area contributed by atoms with Gasteiger partial charge in [0.05, 0.1) is 31.3 Å². The largest absolute Gasteiger partial charge is 0.376 e. The van der Waals surface area contributed by atoms with E-state index in [1.54, 1.807) is 12.4 Å². The molecular formula is C29H34N6O. The molecule has 0 amide bonds. The second-order valence-corrected chi connectivity index (χ2v) is 10.2. The Labute approximate surface area is 213 Å². The quantitative estimate of drug-likeness (QED) is 0.570. The van der Waals surface area contributed by atoms with Gasteiger partial charge >= 0.3 is 0 Å². The Bertz CT molecular complexity index is 1190. The van der Waals surface area contributed by atoms with Gasteiger partial charge in [-0.05, 0) is 54.9 Å². The van der Waals surface area contributed by atoms with Crippen molar-refractivity contribution in [2.24, 2.45) is 10.4 Å². The number of para-hydroxylation sites is 2. The summed E-state index contributed by atoms with van der Waals surface area (Å²) in [7, 11) is 0. The van der Waals surface area contributed by atoms with E-state index < -0.39 is 0 Å². The summed E-state index contributed by atoms with van der Waals surface area (Å²) in [4.78, 5) is 18.8. The van der Waals surface area contributed by atoms with Crippen LogP contribution < -0.4 is 5.32 Å². The molecule has 0 bridgehead atoms.